The molecule has 0 spiro atoms. The molecule has 0 aliphatic heterocycles. The highest BCUT2D eigenvalue weighted by Gasteiger charge is 2.31. The van der Waals surface area contributed by atoms with Crippen molar-refractivity contribution < 1.29 is 26.6 Å². The van der Waals surface area contributed by atoms with Gasteiger partial charge in [0.1, 0.15) is 5.76 Å². The van der Waals surface area contributed by atoms with Crippen molar-refractivity contribution in [2.24, 2.45) is 0 Å². The third-order valence-corrected chi connectivity index (χ3v) is 7.56. The van der Waals surface area contributed by atoms with Gasteiger partial charge in [0.2, 0.25) is 0 Å². The molecule has 0 bridgehead atoms. The van der Waals surface area contributed by atoms with Crippen molar-refractivity contribution in [3.63, 3.8) is 0 Å². The van der Waals surface area contributed by atoms with Crippen LogP contribution in [0.25, 0.3) is 5.76 Å². The molecule has 0 saturated heterocycles. The first-order chi connectivity index (χ1) is 14.7. The molecule has 0 aliphatic carbocycles. The number of benzene rings is 2. The van der Waals surface area contributed by atoms with Gasteiger partial charge in [-0.05, 0) is 45.0 Å². The van der Waals surface area contributed by atoms with Crippen molar-refractivity contribution >= 4 is 29.3 Å². The van der Waals surface area contributed by atoms with E-state index in [1.165, 1.54) is 10.4 Å². The van der Waals surface area contributed by atoms with Crippen LogP contribution in [0.5, 0.6) is 0 Å². The molecule has 0 atom stereocenters. The van der Waals surface area contributed by atoms with Gasteiger partial charge in [-0.2, -0.15) is 0 Å². The molecule has 0 saturated carbocycles. The van der Waals surface area contributed by atoms with E-state index in [1.807, 2.05) is 6.92 Å². The first kappa shape index (κ1) is 24.9. The van der Waals surface area contributed by atoms with E-state index in [-0.39, 0.29) is 30.4 Å². The van der Waals surface area contributed by atoms with E-state index in [0.717, 1.165) is 5.56 Å². The third kappa shape index (κ3) is 6.08. The first-order valence-electron chi connectivity index (χ1n) is 9.75. The van der Waals surface area contributed by atoms with Crippen LogP contribution in [0.15, 0.2) is 72.7 Å². The maximum atomic E-state index is 13.4. The SMILES string of the molecule is C=CCN(c1ccccc1C(=C)OP(=O)(OCC)OCC)S(=O)(=O)c1ccc(C)cc1. The first-order valence-corrected chi connectivity index (χ1v) is 12.7. The van der Waals surface area contributed by atoms with Crippen molar-refractivity contribution in [1.29, 1.82) is 0 Å². The van der Waals surface area contributed by atoms with E-state index in [9.17, 15) is 13.0 Å². The van der Waals surface area contributed by atoms with Crippen molar-refractivity contribution in [2.45, 2.75) is 25.7 Å². The van der Waals surface area contributed by atoms with Crippen LogP contribution in [0.4, 0.5) is 5.69 Å². The number of hydrogen-bond donors (Lipinski definition) is 0. The summed E-state index contributed by atoms with van der Waals surface area (Å²) >= 11 is 0. The minimum absolute atomic E-state index is 0.00901. The highest BCUT2D eigenvalue weighted by atomic mass is 32.2. The van der Waals surface area contributed by atoms with E-state index in [0.29, 0.717) is 11.3 Å². The number of sulfonamides is 1. The van der Waals surface area contributed by atoms with Crippen LogP contribution in [0.2, 0.25) is 0 Å². The molecule has 0 N–H and O–H groups in total. The average Bonchev–Trinajstić information content (AvgIpc) is 2.72. The molecule has 0 unspecified atom stereocenters. The Labute approximate surface area is 184 Å². The second-order valence-electron chi connectivity index (χ2n) is 6.45. The zero-order valence-electron chi connectivity index (χ0n) is 18.0. The molecule has 0 aromatic heterocycles. The monoisotopic (exact) mass is 465 g/mol. The molecule has 31 heavy (non-hydrogen) atoms. The Morgan fingerprint density at radius 1 is 1.06 bits per heavy atom. The predicted molar refractivity (Wildman–Crippen MR) is 123 cm³/mol. The molecule has 0 radical (unpaired) electrons. The van der Waals surface area contributed by atoms with Gasteiger partial charge in [0.15, 0.2) is 0 Å². The van der Waals surface area contributed by atoms with Crippen LogP contribution in [-0.4, -0.2) is 28.2 Å². The molecule has 2 rings (SSSR count). The topological polar surface area (TPSA) is 82.1 Å². The zero-order chi connectivity index (χ0) is 23.1. The van der Waals surface area contributed by atoms with Gasteiger partial charge < -0.3 is 4.52 Å². The Kier molecular flexibility index (Phi) is 8.65. The largest absolute Gasteiger partial charge is 0.530 e. The molecule has 0 aliphatic rings. The molecular formula is C22H28NO6PS. The molecule has 168 valence electrons. The lowest BCUT2D eigenvalue weighted by Gasteiger charge is -2.27. The van der Waals surface area contributed by atoms with Crippen LogP contribution >= 0.6 is 7.82 Å². The molecule has 0 fully saturated rings. The van der Waals surface area contributed by atoms with Crippen LogP contribution in [0.3, 0.4) is 0 Å². The summed E-state index contributed by atoms with van der Waals surface area (Å²) in [6.45, 7) is 12.9. The summed E-state index contributed by atoms with van der Waals surface area (Å²) in [5.41, 5.74) is 1.58. The van der Waals surface area contributed by atoms with Gasteiger partial charge in [0, 0.05) is 5.56 Å². The molecular weight excluding hydrogens is 437 g/mol. The van der Waals surface area contributed by atoms with E-state index in [4.69, 9.17) is 13.6 Å². The van der Waals surface area contributed by atoms with Crippen molar-refractivity contribution in [3.8, 4) is 0 Å². The van der Waals surface area contributed by atoms with Crippen molar-refractivity contribution in [1.82, 2.24) is 0 Å². The van der Waals surface area contributed by atoms with E-state index >= 15 is 0 Å². The molecule has 0 heterocycles. The molecule has 9 heteroatoms. The fourth-order valence-electron chi connectivity index (χ4n) is 2.80. The number of hydrogen-bond acceptors (Lipinski definition) is 6. The second-order valence-corrected chi connectivity index (χ2v) is 9.91. The molecule has 2 aromatic carbocycles. The Bertz CT molecular complexity index is 1060. The standard InChI is InChI=1S/C22H28NO6PS/c1-6-17-23(31(25,26)20-15-13-18(4)14-16-20)22-12-10-9-11-21(22)19(5)29-30(24,27-7-2)28-8-3/h6,9-16H,1,5,7-8,17H2,2-4H3. The number of phosphoric ester groups is 1. The maximum absolute atomic E-state index is 13.4. The fourth-order valence-corrected chi connectivity index (χ4v) is 5.43. The second kappa shape index (κ2) is 10.8. The van der Waals surface area contributed by atoms with Gasteiger partial charge >= 0.3 is 7.82 Å². The quantitative estimate of drug-likeness (QED) is 0.232. The number of rotatable bonds is 12. The number of phosphoric acid groups is 1. The highest BCUT2D eigenvalue weighted by molar-refractivity contribution is 7.92. The highest BCUT2D eigenvalue weighted by Crippen LogP contribution is 2.53. The normalized spacial score (nSPS) is 11.7. The van der Waals surface area contributed by atoms with E-state index in [1.54, 1.807) is 62.4 Å². The Morgan fingerprint density at radius 3 is 2.19 bits per heavy atom. The Balaban J connectivity index is 2.51. The van der Waals surface area contributed by atoms with Crippen LogP contribution < -0.4 is 4.31 Å². The number of para-hydroxylation sites is 1. The van der Waals surface area contributed by atoms with Crippen LogP contribution in [0.1, 0.15) is 25.0 Å². The van der Waals surface area contributed by atoms with Gasteiger partial charge in [-0.3, -0.25) is 13.4 Å². The lowest BCUT2D eigenvalue weighted by atomic mass is 10.1. The minimum Gasteiger partial charge on any atom is -0.404 e. The zero-order valence-corrected chi connectivity index (χ0v) is 19.7. The summed E-state index contributed by atoms with van der Waals surface area (Å²) in [5.74, 6) is -0.0333. The Morgan fingerprint density at radius 2 is 1.65 bits per heavy atom. The van der Waals surface area contributed by atoms with Gasteiger partial charge in [0.25, 0.3) is 10.0 Å². The van der Waals surface area contributed by atoms with Crippen LogP contribution in [-0.2, 0) is 28.2 Å². The summed E-state index contributed by atoms with van der Waals surface area (Å²) < 4.78 is 56.6. The summed E-state index contributed by atoms with van der Waals surface area (Å²) in [6, 6.07) is 13.2. The van der Waals surface area contributed by atoms with Crippen molar-refractivity contribution in [3.05, 3.63) is 78.9 Å². The number of nitrogens with zero attached hydrogens (tertiary/aromatic N) is 1. The number of anilines is 1. The summed E-state index contributed by atoms with van der Waals surface area (Å²) in [5, 5.41) is 0. The van der Waals surface area contributed by atoms with Gasteiger partial charge in [-0.15, -0.1) is 6.58 Å². The third-order valence-electron chi connectivity index (χ3n) is 4.17. The number of aryl methyl sites for hydroxylation is 1. The van der Waals surface area contributed by atoms with Gasteiger partial charge in [0.05, 0.1) is 30.3 Å². The fraction of sp³-hybridized carbons (Fsp3) is 0.273. The van der Waals surface area contributed by atoms with Crippen molar-refractivity contribution in [2.75, 3.05) is 24.1 Å². The predicted octanol–water partition coefficient (Wildman–Crippen LogP) is 5.54. The Hall–Kier alpha value is -2.38. The smallest absolute Gasteiger partial charge is 0.404 e. The summed E-state index contributed by atoms with van der Waals surface area (Å²) in [4.78, 5) is 0.135. The molecule has 2 aromatic rings. The molecule has 7 nitrogen and oxygen atoms in total. The lowest BCUT2D eigenvalue weighted by Crippen LogP contribution is -2.32. The molecule has 0 amide bonds. The lowest BCUT2D eigenvalue weighted by molar-refractivity contribution is 0.159. The summed E-state index contributed by atoms with van der Waals surface area (Å²) in [6.07, 6.45) is 1.48. The summed E-state index contributed by atoms with van der Waals surface area (Å²) in [7, 11) is -7.82. The average molecular weight is 466 g/mol. The van der Waals surface area contributed by atoms with Gasteiger partial charge in [-0.1, -0.05) is 42.5 Å². The minimum atomic E-state index is -3.92. The van der Waals surface area contributed by atoms with Crippen LogP contribution in [0, 0.1) is 6.92 Å². The van der Waals surface area contributed by atoms with E-state index < -0.39 is 17.8 Å². The maximum Gasteiger partial charge on any atom is 0.530 e. The van der Waals surface area contributed by atoms with Gasteiger partial charge in [-0.25, -0.2) is 13.0 Å². The van der Waals surface area contributed by atoms with E-state index in [2.05, 4.69) is 13.2 Å².